The quantitative estimate of drug-likeness (QED) is 0.486. The Labute approximate surface area is 134 Å². The number of nitro groups is 1. The van der Waals surface area contributed by atoms with Crippen LogP contribution in [0.15, 0.2) is 24.4 Å². The Morgan fingerprint density at radius 3 is 2.81 bits per heavy atom. The molecule has 0 saturated carbocycles. The number of rotatable bonds is 4. The van der Waals surface area contributed by atoms with Gasteiger partial charge in [-0.1, -0.05) is 0 Å². The molecule has 1 N–H and O–H groups in total. The lowest BCUT2D eigenvalue weighted by molar-refractivity contribution is -0.392. The van der Waals surface area contributed by atoms with Crippen LogP contribution >= 0.6 is 22.6 Å². The molecule has 1 aromatic carbocycles. The van der Waals surface area contributed by atoms with E-state index in [9.17, 15) is 14.9 Å². The normalized spacial score (nSPS) is 10.4. The maximum atomic E-state index is 12.1. The van der Waals surface area contributed by atoms with E-state index < -0.39 is 4.92 Å². The fourth-order valence-electron chi connectivity index (χ4n) is 1.90. The predicted octanol–water partition coefficient (Wildman–Crippen LogP) is 2.65. The second-order valence-electron chi connectivity index (χ2n) is 4.51. The molecule has 7 nitrogen and oxygen atoms in total. The third-order valence-electron chi connectivity index (χ3n) is 2.99. The van der Waals surface area contributed by atoms with Gasteiger partial charge in [-0.2, -0.15) is 0 Å². The molecule has 0 bridgehead atoms. The van der Waals surface area contributed by atoms with Gasteiger partial charge in [0.25, 0.3) is 5.91 Å². The van der Waals surface area contributed by atoms with E-state index in [1.165, 1.54) is 4.57 Å². The van der Waals surface area contributed by atoms with E-state index in [-0.39, 0.29) is 18.3 Å². The fraction of sp³-hybridized carbons (Fsp3) is 0.231. The first-order chi connectivity index (χ1) is 9.88. The highest BCUT2D eigenvalue weighted by Gasteiger charge is 2.20. The summed E-state index contributed by atoms with van der Waals surface area (Å²) < 4.78 is 2.35. The lowest BCUT2D eigenvalue weighted by atomic mass is 10.2. The van der Waals surface area contributed by atoms with Gasteiger partial charge >= 0.3 is 5.82 Å². The molecule has 0 radical (unpaired) electrons. The molecule has 0 aliphatic rings. The zero-order valence-electron chi connectivity index (χ0n) is 11.5. The molecule has 1 aromatic heterocycles. The molecular weight excluding hydrogens is 387 g/mol. The van der Waals surface area contributed by atoms with Crippen LogP contribution in [0, 0.1) is 27.5 Å². The summed E-state index contributed by atoms with van der Waals surface area (Å²) in [7, 11) is 0. The number of aromatic nitrogens is 2. The molecule has 2 aromatic rings. The first-order valence-corrected chi connectivity index (χ1v) is 7.19. The first-order valence-electron chi connectivity index (χ1n) is 6.11. The van der Waals surface area contributed by atoms with Crippen molar-refractivity contribution in [2.24, 2.45) is 0 Å². The van der Waals surface area contributed by atoms with Crippen molar-refractivity contribution in [3.05, 3.63) is 49.5 Å². The van der Waals surface area contributed by atoms with Gasteiger partial charge in [0.15, 0.2) is 12.4 Å². The molecule has 1 heterocycles. The van der Waals surface area contributed by atoms with Crippen molar-refractivity contribution in [1.82, 2.24) is 9.55 Å². The van der Waals surface area contributed by atoms with E-state index in [1.54, 1.807) is 6.92 Å². The molecule has 8 heteroatoms. The summed E-state index contributed by atoms with van der Waals surface area (Å²) in [6.07, 6.45) is 1.15. The first kappa shape index (κ1) is 15.4. The van der Waals surface area contributed by atoms with Crippen molar-refractivity contribution in [2.75, 3.05) is 5.32 Å². The number of benzene rings is 1. The molecule has 1 amide bonds. The number of nitrogens with one attached hydrogen (secondary N) is 1. The minimum Gasteiger partial charge on any atom is -0.358 e. The van der Waals surface area contributed by atoms with Crippen LogP contribution in [-0.2, 0) is 11.3 Å². The number of hydrogen-bond acceptors (Lipinski definition) is 4. The van der Waals surface area contributed by atoms with Crippen molar-refractivity contribution in [3.8, 4) is 0 Å². The molecule has 0 spiro atoms. The van der Waals surface area contributed by atoms with Crippen LogP contribution in [0.5, 0.6) is 0 Å². The van der Waals surface area contributed by atoms with Gasteiger partial charge in [0, 0.05) is 16.2 Å². The van der Waals surface area contributed by atoms with Crippen molar-refractivity contribution in [3.63, 3.8) is 0 Å². The SMILES string of the molecule is Cc1cc(I)ccc1NC(=O)Cn1c([N+](=O)[O-])cnc1C. The Balaban J connectivity index is 2.15. The topological polar surface area (TPSA) is 90.1 Å². The van der Waals surface area contributed by atoms with Gasteiger partial charge in [0.05, 0.1) is 0 Å². The van der Waals surface area contributed by atoms with E-state index in [2.05, 4.69) is 32.9 Å². The molecule has 2 rings (SSSR count). The summed E-state index contributed by atoms with van der Waals surface area (Å²) in [6, 6.07) is 5.64. The van der Waals surface area contributed by atoms with E-state index >= 15 is 0 Å². The summed E-state index contributed by atoms with van der Waals surface area (Å²) in [5.41, 5.74) is 1.63. The van der Waals surface area contributed by atoms with E-state index in [0.29, 0.717) is 11.5 Å². The highest BCUT2D eigenvalue weighted by molar-refractivity contribution is 14.1. The van der Waals surface area contributed by atoms with Crippen LogP contribution in [0.2, 0.25) is 0 Å². The third-order valence-corrected chi connectivity index (χ3v) is 3.66. The summed E-state index contributed by atoms with van der Waals surface area (Å²) >= 11 is 2.19. The average molecular weight is 400 g/mol. The Morgan fingerprint density at radius 1 is 1.48 bits per heavy atom. The number of imidazole rings is 1. The van der Waals surface area contributed by atoms with Gasteiger partial charge in [-0.3, -0.25) is 4.79 Å². The van der Waals surface area contributed by atoms with Crippen LogP contribution < -0.4 is 5.32 Å². The molecule has 21 heavy (non-hydrogen) atoms. The highest BCUT2D eigenvalue weighted by atomic mass is 127. The average Bonchev–Trinajstić information content (AvgIpc) is 2.75. The van der Waals surface area contributed by atoms with Crippen molar-refractivity contribution in [1.29, 1.82) is 0 Å². The van der Waals surface area contributed by atoms with Crippen LogP contribution in [0.4, 0.5) is 11.5 Å². The van der Waals surface area contributed by atoms with Gasteiger partial charge in [-0.25, -0.2) is 9.55 Å². The van der Waals surface area contributed by atoms with Gasteiger partial charge in [-0.15, -0.1) is 0 Å². The summed E-state index contributed by atoms with van der Waals surface area (Å²) in [4.78, 5) is 26.3. The molecule has 0 atom stereocenters. The Bertz CT molecular complexity index is 711. The zero-order chi connectivity index (χ0) is 15.6. The van der Waals surface area contributed by atoms with E-state index in [0.717, 1.165) is 15.3 Å². The standard InChI is InChI=1S/C13H13IN4O3/c1-8-5-10(14)3-4-11(8)16-12(19)7-17-9(2)15-6-13(17)18(20)21/h3-6H,7H2,1-2H3,(H,16,19). The summed E-state index contributed by atoms with van der Waals surface area (Å²) in [5, 5.41) is 13.6. The molecule has 0 aliphatic heterocycles. The van der Waals surface area contributed by atoms with Crippen LogP contribution in [0.25, 0.3) is 0 Å². The summed E-state index contributed by atoms with van der Waals surface area (Å²) in [6.45, 7) is 3.37. The van der Waals surface area contributed by atoms with Crippen molar-refractivity contribution < 1.29 is 9.72 Å². The van der Waals surface area contributed by atoms with E-state index in [1.807, 2.05) is 25.1 Å². The number of aryl methyl sites for hydroxylation is 2. The number of carbonyl (C=O) groups is 1. The minimum atomic E-state index is -0.552. The van der Waals surface area contributed by atoms with Crippen molar-refractivity contribution >= 4 is 40.0 Å². The van der Waals surface area contributed by atoms with Crippen LogP contribution in [0.1, 0.15) is 11.4 Å². The zero-order valence-corrected chi connectivity index (χ0v) is 13.6. The molecule has 110 valence electrons. The number of nitrogens with zero attached hydrogens (tertiary/aromatic N) is 3. The molecule has 0 fully saturated rings. The van der Waals surface area contributed by atoms with Crippen molar-refractivity contribution in [2.45, 2.75) is 20.4 Å². The Hall–Kier alpha value is -1.97. The maximum Gasteiger partial charge on any atom is 0.343 e. The van der Waals surface area contributed by atoms with Gasteiger partial charge in [-0.05, 0) is 58.2 Å². The molecule has 0 saturated heterocycles. The van der Waals surface area contributed by atoms with Gasteiger partial charge in [0.1, 0.15) is 6.20 Å². The maximum absolute atomic E-state index is 12.1. The Kier molecular flexibility index (Phi) is 4.56. The predicted molar refractivity (Wildman–Crippen MR) is 86.1 cm³/mol. The minimum absolute atomic E-state index is 0.145. The summed E-state index contributed by atoms with van der Waals surface area (Å²) in [5.74, 6) is -0.0957. The monoisotopic (exact) mass is 400 g/mol. The van der Waals surface area contributed by atoms with Crippen LogP contribution in [0.3, 0.4) is 0 Å². The fourth-order valence-corrected chi connectivity index (χ4v) is 2.55. The number of hydrogen-bond donors (Lipinski definition) is 1. The number of amides is 1. The largest absolute Gasteiger partial charge is 0.358 e. The van der Waals surface area contributed by atoms with Crippen LogP contribution in [-0.4, -0.2) is 20.4 Å². The number of anilines is 1. The Morgan fingerprint density at radius 2 is 2.19 bits per heavy atom. The second kappa shape index (κ2) is 6.20. The molecular formula is C13H13IN4O3. The van der Waals surface area contributed by atoms with Gasteiger partial charge < -0.3 is 15.4 Å². The van der Waals surface area contributed by atoms with Gasteiger partial charge in [0.2, 0.25) is 0 Å². The third kappa shape index (κ3) is 3.57. The highest BCUT2D eigenvalue weighted by Crippen LogP contribution is 2.18. The number of halogens is 1. The van der Waals surface area contributed by atoms with E-state index in [4.69, 9.17) is 0 Å². The second-order valence-corrected chi connectivity index (χ2v) is 5.76. The lowest BCUT2D eigenvalue weighted by Crippen LogP contribution is -2.21. The lowest BCUT2D eigenvalue weighted by Gasteiger charge is -2.08. The smallest absolute Gasteiger partial charge is 0.343 e. The molecule has 0 unspecified atom stereocenters. The molecule has 0 aliphatic carbocycles. The number of carbonyl (C=O) groups excluding carboxylic acids is 1.